The summed E-state index contributed by atoms with van der Waals surface area (Å²) in [5.41, 5.74) is 0. The minimum atomic E-state index is -4.03. The van der Waals surface area contributed by atoms with Gasteiger partial charge in [0.15, 0.2) is 0 Å². The average molecular weight is 233 g/mol. The molecule has 1 aliphatic carbocycles. The SMILES string of the molecule is C#CCCCNC1CCCC(C(F)(F)F)C1. The van der Waals surface area contributed by atoms with Crippen molar-refractivity contribution < 1.29 is 13.2 Å². The Bertz CT molecular complexity index is 242. The lowest BCUT2D eigenvalue weighted by molar-refractivity contribution is -0.183. The van der Waals surface area contributed by atoms with Crippen molar-refractivity contribution in [1.82, 2.24) is 5.32 Å². The van der Waals surface area contributed by atoms with Crippen LogP contribution < -0.4 is 5.32 Å². The van der Waals surface area contributed by atoms with Gasteiger partial charge >= 0.3 is 6.18 Å². The average Bonchev–Trinajstić information content (AvgIpc) is 2.24. The van der Waals surface area contributed by atoms with Crippen LogP contribution in [0.2, 0.25) is 0 Å². The molecule has 0 heterocycles. The van der Waals surface area contributed by atoms with Crippen LogP contribution >= 0.6 is 0 Å². The van der Waals surface area contributed by atoms with Gasteiger partial charge in [-0.15, -0.1) is 12.3 Å². The molecule has 0 saturated heterocycles. The largest absolute Gasteiger partial charge is 0.391 e. The van der Waals surface area contributed by atoms with E-state index in [9.17, 15) is 13.2 Å². The normalized spacial score (nSPS) is 26.4. The molecule has 0 aromatic carbocycles. The summed E-state index contributed by atoms with van der Waals surface area (Å²) in [6.45, 7) is 0.722. The topological polar surface area (TPSA) is 12.0 Å². The lowest BCUT2D eigenvalue weighted by Gasteiger charge is -2.31. The lowest BCUT2D eigenvalue weighted by atomic mass is 9.85. The fourth-order valence-corrected chi connectivity index (χ4v) is 2.17. The van der Waals surface area contributed by atoms with Crippen LogP contribution in [0.25, 0.3) is 0 Å². The highest BCUT2D eigenvalue weighted by Crippen LogP contribution is 2.37. The van der Waals surface area contributed by atoms with Crippen LogP contribution in [0.3, 0.4) is 0 Å². The van der Waals surface area contributed by atoms with Crippen molar-refractivity contribution >= 4 is 0 Å². The third-order valence-corrected chi connectivity index (χ3v) is 3.07. The molecule has 1 saturated carbocycles. The van der Waals surface area contributed by atoms with Gasteiger partial charge in [0.05, 0.1) is 5.92 Å². The molecular weight excluding hydrogens is 215 g/mol. The molecule has 1 nitrogen and oxygen atoms in total. The van der Waals surface area contributed by atoms with E-state index in [1.54, 1.807) is 0 Å². The van der Waals surface area contributed by atoms with Crippen molar-refractivity contribution in [2.45, 2.75) is 50.7 Å². The summed E-state index contributed by atoms with van der Waals surface area (Å²) < 4.78 is 37.5. The first-order valence-electron chi connectivity index (χ1n) is 5.77. The summed E-state index contributed by atoms with van der Waals surface area (Å²) in [6.07, 6.45) is 4.61. The molecule has 0 bridgehead atoms. The highest BCUT2D eigenvalue weighted by atomic mass is 19.4. The van der Waals surface area contributed by atoms with Gasteiger partial charge in [0.2, 0.25) is 0 Å². The zero-order valence-electron chi connectivity index (χ0n) is 9.32. The zero-order chi connectivity index (χ0) is 12.0. The molecule has 2 atom stereocenters. The molecule has 0 aromatic heterocycles. The lowest BCUT2D eigenvalue weighted by Crippen LogP contribution is -2.39. The minimum Gasteiger partial charge on any atom is -0.314 e. The molecule has 92 valence electrons. The molecule has 0 radical (unpaired) electrons. The maximum absolute atomic E-state index is 12.5. The third kappa shape index (κ3) is 4.44. The quantitative estimate of drug-likeness (QED) is 0.581. The van der Waals surface area contributed by atoms with Gasteiger partial charge in [-0.25, -0.2) is 0 Å². The van der Waals surface area contributed by atoms with E-state index in [1.807, 2.05) is 0 Å². The van der Waals surface area contributed by atoms with Gasteiger partial charge in [0.1, 0.15) is 0 Å². The first-order valence-corrected chi connectivity index (χ1v) is 5.77. The first kappa shape index (κ1) is 13.4. The van der Waals surface area contributed by atoms with Gasteiger partial charge in [-0.2, -0.15) is 13.2 Å². The van der Waals surface area contributed by atoms with Crippen molar-refractivity contribution in [1.29, 1.82) is 0 Å². The van der Waals surface area contributed by atoms with Gasteiger partial charge in [-0.3, -0.25) is 0 Å². The van der Waals surface area contributed by atoms with Gasteiger partial charge in [0, 0.05) is 12.5 Å². The molecule has 0 aromatic rings. The molecule has 1 N–H and O–H groups in total. The Hall–Kier alpha value is -0.690. The predicted molar refractivity (Wildman–Crippen MR) is 57.9 cm³/mol. The second kappa shape index (κ2) is 6.15. The number of rotatable bonds is 4. The highest BCUT2D eigenvalue weighted by Gasteiger charge is 2.41. The Morgan fingerprint density at radius 3 is 2.69 bits per heavy atom. The van der Waals surface area contributed by atoms with E-state index in [4.69, 9.17) is 6.42 Å². The minimum absolute atomic E-state index is 0.0122. The highest BCUT2D eigenvalue weighted by molar-refractivity contribution is 4.85. The van der Waals surface area contributed by atoms with E-state index in [0.29, 0.717) is 12.8 Å². The Kier molecular flexibility index (Phi) is 5.14. The summed E-state index contributed by atoms with van der Waals surface area (Å²) in [6, 6.07) is 0.0122. The second-order valence-electron chi connectivity index (χ2n) is 4.36. The van der Waals surface area contributed by atoms with Gasteiger partial charge < -0.3 is 5.32 Å². The number of terminal acetylenes is 1. The smallest absolute Gasteiger partial charge is 0.314 e. The molecular formula is C12H18F3N. The number of halogens is 3. The summed E-state index contributed by atoms with van der Waals surface area (Å²) in [5.74, 6) is 1.40. The van der Waals surface area contributed by atoms with E-state index in [0.717, 1.165) is 19.4 Å². The van der Waals surface area contributed by atoms with Crippen LogP contribution in [-0.2, 0) is 0 Å². The van der Waals surface area contributed by atoms with E-state index in [2.05, 4.69) is 11.2 Å². The second-order valence-corrected chi connectivity index (χ2v) is 4.36. The van der Waals surface area contributed by atoms with Crippen LogP contribution in [0, 0.1) is 18.3 Å². The van der Waals surface area contributed by atoms with Gasteiger partial charge in [-0.1, -0.05) is 6.42 Å². The molecule has 16 heavy (non-hydrogen) atoms. The van der Waals surface area contributed by atoms with Crippen molar-refractivity contribution in [3.63, 3.8) is 0 Å². The molecule has 0 spiro atoms. The van der Waals surface area contributed by atoms with E-state index in [-0.39, 0.29) is 18.9 Å². The first-order chi connectivity index (χ1) is 7.54. The summed E-state index contributed by atoms with van der Waals surface area (Å²) >= 11 is 0. The van der Waals surface area contributed by atoms with E-state index < -0.39 is 12.1 Å². The number of unbranched alkanes of at least 4 members (excludes halogenated alkanes) is 1. The fourth-order valence-electron chi connectivity index (χ4n) is 2.17. The number of hydrogen-bond donors (Lipinski definition) is 1. The zero-order valence-corrected chi connectivity index (χ0v) is 9.32. The van der Waals surface area contributed by atoms with Crippen molar-refractivity contribution in [3.05, 3.63) is 0 Å². The Morgan fingerprint density at radius 1 is 1.31 bits per heavy atom. The van der Waals surface area contributed by atoms with Crippen molar-refractivity contribution in [2.24, 2.45) is 5.92 Å². The standard InChI is InChI=1S/C12H18F3N/c1-2-3-4-8-16-11-7-5-6-10(9-11)12(13,14)15/h1,10-11,16H,3-9H2. The van der Waals surface area contributed by atoms with Crippen LogP contribution in [-0.4, -0.2) is 18.8 Å². The third-order valence-electron chi connectivity index (χ3n) is 3.07. The molecule has 1 rings (SSSR count). The van der Waals surface area contributed by atoms with Crippen molar-refractivity contribution in [3.8, 4) is 12.3 Å². The van der Waals surface area contributed by atoms with Gasteiger partial charge in [0.25, 0.3) is 0 Å². The monoisotopic (exact) mass is 233 g/mol. The van der Waals surface area contributed by atoms with E-state index >= 15 is 0 Å². The summed E-state index contributed by atoms with van der Waals surface area (Å²) in [4.78, 5) is 0. The van der Waals surface area contributed by atoms with Gasteiger partial charge in [-0.05, 0) is 32.2 Å². The summed E-state index contributed by atoms with van der Waals surface area (Å²) in [5, 5.41) is 3.16. The van der Waals surface area contributed by atoms with Crippen LogP contribution in [0.1, 0.15) is 38.5 Å². The Morgan fingerprint density at radius 2 is 2.06 bits per heavy atom. The molecule has 4 heteroatoms. The number of alkyl halides is 3. The molecule has 1 aliphatic rings. The fraction of sp³-hybridized carbons (Fsp3) is 0.833. The Labute approximate surface area is 94.8 Å². The van der Waals surface area contributed by atoms with Crippen LogP contribution in [0.4, 0.5) is 13.2 Å². The maximum Gasteiger partial charge on any atom is 0.391 e. The maximum atomic E-state index is 12.5. The Balaban J connectivity index is 2.26. The molecule has 1 fully saturated rings. The summed E-state index contributed by atoms with van der Waals surface area (Å²) in [7, 11) is 0. The van der Waals surface area contributed by atoms with Crippen molar-refractivity contribution in [2.75, 3.05) is 6.54 Å². The number of nitrogens with one attached hydrogen (secondary N) is 1. The molecule has 0 amide bonds. The van der Waals surface area contributed by atoms with Crippen LogP contribution in [0.5, 0.6) is 0 Å². The van der Waals surface area contributed by atoms with E-state index in [1.165, 1.54) is 0 Å². The van der Waals surface area contributed by atoms with Crippen LogP contribution in [0.15, 0.2) is 0 Å². The molecule has 2 unspecified atom stereocenters. The predicted octanol–water partition coefficient (Wildman–Crippen LogP) is 3.11. The number of hydrogen-bond acceptors (Lipinski definition) is 1. The molecule has 0 aliphatic heterocycles.